The van der Waals surface area contributed by atoms with Crippen LogP contribution in [0.3, 0.4) is 0 Å². The van der Waals surface area contributed by atoms with Gasteiger partial charge in [-0.25, -0.2) is 0 Å². The first-order chi connectivity index (χ1) is 6.79. The third-order valence-electron chi connectivity index (χ3n) is 3.15. The van der Waals surface area contributed by atoms with E-state index in [-0.39, 0.29) is 6.04 Å². The fourth-order valence-corrected chi connectivity index (χ4v) is 2.99. The summed E-state index contributed by atoms with van der Waals surface area (Å²) < 4.78 is 3.95. The summed E-state index contributed by atoms with van der Waals surface area (Å²) in [5.74, 6) is 0.657. The molecule has 0 aromatic carbocycles. The van der Waals surface area contributed by atoms with Gasteiger partial charge in [-0.3, -0.25) is 0 Å². The van der Waals surface area contributed by atoms with Crippen molar-refractivity contribution >= 4 is 11.5 Å². The first kappa shape index (κ1) is 10.1. The van der Waals surface area contributed by atoms with E-state index in [1.165, 1.54) is 48.5 Å². The molecule has 1 aromatic rings. The van der Waals surface area contributed by atoms with Crippen LogP contribution in [0.5, 0.6) is 0 Å². The Morgan fingerprint density at radius 3 is 2.64 bits per heavy atom. The van der Waals surface area contributed by atoms with Crippen LogP contribution in [0.25, 0.3) is 0 Å². The van der Waals surface area contributed by atoms with E-state index in [2.05, 4.69) is 9.59 Å². The lowest BCUT2D eigenvalue weighted by Gasteiger charge is -2.26. The fraction of sp³-hybridized carbons (Fsp3) is 0.800. The number of hydrogen-bond donors (Lipinski definition) is 1. The monoisotopic (exact) mass is 211 g/mol. The molecule has 78 valence electrons. The third kappa shape index (κ3) is 1.96. The second-order valence-corrected chi connectivity index (χ2v) is 4.93. The zero-order chi connectivity index (χ0) is 9.97. The minimum atomic E-state index is 0.176. The molecule has 14 heavy (non-hydrogen) atoms. The van der Waals surface area contributed by atoms with Crippen molar-refractivity contribution in [2.75, 3.05) is 0 Å². The van der Waals surface area contributed by atoms with Crippen molar-refractivity contribution in [3.05, 3.63) is 10.6 Å². The molecule has 1 saturated carbocycles. The highest BCUT2D eigenvalue weighted by Crippen LogP contribution is 2.34. The molecule has 0 amide bonds. The van der Waals surface area contributed by atoms with Gasteiger partial charge >= 0.3 is 0 Å². The number of hydrogen-bond acceptors (Lipinski definition) is 4. The molecule has 2 N–H and O–H groups in total. The van der Waals surface area contributed by atoms with Crippen LogP contribution in [-0.4, -0.2) is 9.59 Å². The predicted molar refractivity (Wildman–Crippen MR) is 58.1 cm³/mol. The van der Waals surface area contributed by atoms with E-state index in [0.717, 1.165) is 5.69 Å². The predicted octanol–water partition coefficient (Wildman–Crippen LogP) is 2.43. The van der Waals surface area contributed by atoms with Gasteiger partial charge in [0.25, 0.3) is 0 Å². The molecule has 0 spiro atoms. The van der Waals surface area contributed by atoms with Crippen molar-refractivity contribution < 1.29 is 0 Å². The Morgan fingerprint density at radius 1 is 1.36 bits per heavy atom. The first-order valence-corrected chi connectivity index (χ1v) is 6.11. The summed E-state index contributed by atoms with van der Waals surface area (Å²) in [5, 5.41) is 4.02. The number of nitrogens with two attached hydrogens (primary N) is 1. The highest BCUT2D eigenvalue weighted by molar-refractivity contribution is 7.05. The van der Waals surface area contributed by atoms with Gasteiger partial charge in [-0.15, -0.1) is 5.10 Å². The van der Waals surface area contributed by atoms with Gasteiger partial charge in [-0.1, -0.05) is 23.8 Å². The standard InChI is InChI=1S/C10H17N3S/c1-7-10(14-13-12-7)9(11)8-5-3-2-4-6-8/h8-9H,2-6,11H2,1H3. The lowest BCUT2D eigenvalue weighted by atomic mass is 9.83. The van der Waals surface area contributed by atoms with Crippen molar-refractivity contribution in [1.29, 1.82) is 0 Å². The minimum absolute atomic E-state index is 0.176. The van der Waals surface area contributed by atoms with E-state index in [1.807, 2.05) is 6.92 Å². The van der Waals surface area contributed by atoms with Gasteiger partial charge in [0.15, 0.2) is 0 Å². The summed E-state index contributed by atoms with van der Waals surface area (Å²) in [4.78, 5) is 1.19. The van der Waals surface area contributed by atoms with Gasteiger partial charge in [0, 0.05) is 6.04 Å². The third-order valence-corrected chi connectivity index (χ3v) is 4.07. The van der Waals surface area contributed by atoms with Crippen molar-refractivity contribution in [2.45, 2.75) is 45.1 Å². The average molecular weight is 211 g/mol. The Morgan fingerprint density at radius 2 is 2.07 bits per heavy atom. The summed E-state index contributed by atoms with van der Waals surface area (Å²) in [5.41, 5.74) is 7.27. The minimum Gasteiger partial charge on any atom is -0.323 e. The molecule has 0 bridgehead atoms. The Labute approximate surface area is 88.9 Å². The van der Waals surface area contributed by atoms with Crippen LogP contribution in [0.4, 0.5) is 0 Å². The van der Waals surface area contributed by atoms with Gasteiger partial charge in [0.1, 0.15) is 0 Å². The molecular weight excluding hydrogens is 194 g/mol. The molecule has 1 aliphatic carbocycles. The Kier molecular flexibility index (Phi) is 3.13. The molecule has 1 heterocycles. The molecule has 3 nitrogen and oxygen atoms in total. The van der Waals surface area contributed by atoms with Crippen LogP contribution in [0.2, 0.25) is 0 Å². The molecule has 0 saturated heterocycles. The maximum Gasteiger partial charge on any atom is 0.0772 e. The van der Waals surface area contributed by atoms with Crippen LogP contribution in [0.1, 0.15) is 48.7 Å². The van der Waals surface area contributed by atoms with Gasteiger partial charge in [0.2, 0.25) is 0 Å². The van der Waals surface area contributed by atoms with E-state index in [1.54, 1.807) is 0 Å². The van der Waals surface area contributed by atoms with E-state index < -0.39 is 0 Å². The van der Waals surface area contributed by atoms with E-state index in [0.29, 0.717) is 5.92 Å². The lowest BCUT2D eigenvalue weighted by Crippen LogP contribution is -2.23. The smallest absolute Gasteiger partial charge is 0.0772 e. The van der Waals surface area contributed by atoms with E-state index >= 15 is 0 Å². The molecule has 2 rings (SSSR count). The van der Waals surface area contributed by atoms with Crippen LogP contribution in [-0.2, 0) is 0 Å². The number of aromatic nitrogens is 2. The molecule has 0 aliphatic heterocycles. The summed E-state index contributed by atoms with van der Waals surface area (Å²) in [6, 6.07) is 0.176. The maximum atomic E-state index is 6.25. The number of rotatable bonds is 2. The van der Waals surface area contributed by atoms with Crippen molar-refractivity contribution in [1.82, 2.24) is 9.59 Å². The average Bonchev–Trinajstić information content (AvgIpc) is 2.65. The van der Waals surface area contributed by atoms with Crippen molar-refractivity contribution in [2.24, 2.45) is 11.7 Å². The fourth-order valence-electron chi connectivity index (χ4n) is 2.25. The maximum absolute atomic E-state index is 6.25. The van der Waals surface area contributed by atoms with Crippen LogP contribution >= 0.6 is 11.5 Å². The van der Waals surface area contributed by atoms with E-state index in [4.69, 9.17) is 5.73 Å². The van der Waals surface area contributed by atoms with Gasteiger partial charge < -0.3 is 5.73 Å². The molecule has 1 aliphatic rings. The first-order valence-electron chi connectivity index (χ1n) is 5.33. The zero-order valence-corrected chi connectivity index (χ0v) is 9.39. The highest BCUT2D eigenvalue weighted by Gasteiger charge is 2.24. The highest BCUT2D eigenvalue weighted by atomic mass is 32.1. The Bertz CT molecular complexity index is 291. The molecule has 0 radical (unpaired) electrons. The molecule has 1 fully saturated rings. The van der Waals surface area contributed by atoms with Crippen molar-refractivity contribution in [3.8, 4) is 0 Å². The SMILES string of the molecule is Cc1nnsc1C(N)C1CCCCC1. The number of aryl methyl sites for hydroxylation is 1. The Hall–Kier alpha value is -0.480. The van der Waals surface area contributed by atoms with Gasteiger partial charge in [-0.05, 0) is 37.2 Å². The molecular formula is C10H17N3S. The zero-order valence-electron chi connectivity index (χ0n) is 8.57. The Balaban J connectivity index is 2.07. The van der Waals surface area contributed by atoms with Crippen LogP contribution in [0.15, 0.2) is 0 Å². The largest absolute Gasteiger partial charge is 0.323 e. The van der Waals surface area contributed by atoms with Gasteiger partial charge in [-0.2, -0.15) is 0 Å². The molecule has 1 unspecified atom stereocenters. The van der Waals surface area contributed by atoms with Gasteiger partial charge in [0.05, 0.1) is 10.6 Å². The topological polar surface area (TPSA) is 51.8 Å². The summed E-state index contributed by atoms with van der Waals surface area (Å²) in [6.45, 7) is 2.00. The molecule has 1 aromatic heterocycles. The summed E-state index contributed by atoms with van der Waals surface area (Å²) in [7, 11) is 0. The quantitative estimate of drug-likeness (QED) is 0.817. The second kappa shape index (κ2) is 4.36. The summed E-state index contributed by atoms with van der Waals surface area (Å²) >= 11 is 1.47. The number of nitrogens with zero attached hydrogens (tertiary/aromatic N) is 2. The molecule has 4 heteroatoms. The lowest BCUT2D eigenvalue weighted by molar-refractivity contribution is 0.310. The van der Waals surface area contributed by atoms with Crippen molar-refractivity contribution in [3.63, 3.8) is 0 Å². The van der Waals surface area contributed by atoms with Crippen LogP contribution < -0.4 is 5.73 Å². The summed E-state index contributed by atoms with van der Waals surface area (Å²) in [6.07, 6.45) is 6.60. The normalized spacial score (nSPS) is 21.0. The second-order valence-electron chi connectivity index (χ2n) is 4.15. The molecule has 1 atom stereocenters. The van der Waals surface area contributed by atoms with Crippen LogP contribution in [0, 0.1) is 12.8 Å². The van der Waals surface area contributed by atoms with E-state index in [9.17, 15) is 0 Å².